The maximum atomic E-state index is 4.99. The van der Waals surface area contributed by atoms with Gasteiger partial charge in [0.25, 0.3) is 0 Å². The number of hydrogen-bond donors (Lipinski definition) is 2. The summed E-state index contributed by atoms with van der Waals surface area (Å²) in [4.78, 5) is 4.15. The van der Waals surface area contributed by atoms with Crippen molar-refractivity contribution in [3.8, 4) is 0 Å². The number of nitrogens with one attached hydrogen (secondary N) is 2. The molecule has 0 radical (unpaired) electrons. The van der Waals surface area contributed by atoms with E-state index in [1.807, 2.05) is 16.9 Å². The highest BCUT2D eigenvalue weighted by atomic mass is 127. The summed E-state index contributed by atoms with van der Waals surface area (Å²) in [5.74, 6) is 0.839. The van der Waals surface area contributed by atoms with Gasteiger partial charge in [0.05, 0.1) is 0 Å². The van der Waals surface area contributed by atoms with Crippen LogP contribution >= 0.6 is 24.0 Å². The Morgan fingerprint density at radius 2 is 2.05 bits per heavy atom. The minimum Gasteiger partial charge on any atom is -0.385 e. The minimum atomic E-state index is 0. The van der Waals surface area contributed by atoms with Crippen molar-refractivity contribution >= 4 is 29.9 Å². The summed E-state index contributed by atoms with van der Waals surface area (Å²) in [7, 11) is 3.49. The fourth-order valence-electron chi connectivity index (χ4n) is 1.52. The van der Waals surface area contributed by atoms with E-state index in [1.165, 1.54) is 0 Å². The maximum Gasteiger partial charge on any atom is 0.190 e. The summed E-state index contributed by atoms with van der Waals surface area (Å²) >= 11 is 0. The second-order valence-corrected chi connectivity index (χ2v) is 3.89. The van der Waals surface area contributed by atoms with Crippen LogP contribution in [0.2, 0.25) is 0 Å². The summed E-state index contributed by atoms with van der Waals surface area (Å²) in [6, 6.07) is 1.93. The van der Waals surface area contributed by atoms with E-state index >= 15 is 0 Å². The molecular formula is C12H24IN5O. The van der Waals surface area contributed by atoms with E-state index in [4.69, 9.17) is 4.74 Å². The Labute approximate surface area is 132 Å². The molecule has 110 valence electrons. The third-order valence-corrected chi connectivity index (χ3v) is 2.46. The van der Waals surface area contributed by atoms with Crippen molar-refractivity contribution in [3.63, 3.8) is 0 Å². The third-order valence-electron chi connectivity index (χ3n) is 2.46. The monoisotopic (exact) mass is 381 g/mol. The van der Waals surface area contributed by atoms with E-state index in [9.17, 15) is 0 Å². The molecule has 2 N–H and O–H groups in total. The largest absolute Gasteiger partial charge is 0.385 e. The summed E-state index contributed by atoms with van der Waals surface area (Å²) in [5.41, 5.74) is 0. The molecule has 0 aliphatic rings. The zero-order valence-electron chi connectivity index (χ0n) is 11.6. The molecule has 0 aliphatic heterocycles. The molecule has 1 aromatic rings. The number of aryl methyl sites for hydroxylation is 1. The molecule has 0 aliphatic carbocycles. The van der Waals surface area contributed by atoms with Gasteiger partial charge < -0.3 is 15.4 Å². The quantitative estimate of drug-likeness (QED) is 0.306. The Balaban J connectivity index is 0.00000324. The van der Waals surface area contributed by atoms with Crippen molar-refractivity contribution in [2.24, 2.45) is 4.99 Å². The first-order valence-corrected chi connectivity index (χ1v) is 6.27. The molecule has 1 heterocycles. The van der Waals surface area contributed by atoms with Gasteiger partial charge in [-0.15, -0.1) is 24.0 Å². The number of nitrogens with zero attached hydrogens (tertiary/aromatic N) is 3. The fourth-order valence-corrected chi connectivity index (χ4v) is 1.52. The van der Waals surface area contributed by atoms with Gasteiger partial charge in [0, 0.05) is 52.8 Å². The van der Waals surface area contributed by atoms with Gasteiger partial charge in [0.1, 0.15) is 0 Å². The maximum absolute atomic E-state index is 4.99. The molecule has 0 saturated carbocycles. The van der Waals surface area contributed by atoms with Gasteiger partial charge in [-0.1, -0.05) is 0 Å². The van der Waals surface area contributed by atoms with Crippen LogP contribution in [0.5, 0.6) is 0 Å². The number of ether oxygens (including phenoxy) is 1. The lowest BCUT2D eigenvalue weighted by Gasteiger charge is -2.11. The first-order chi connectivity index (χ1) is 8.86. The van der Waals surface area contributed by atoms with Crippen LogP contribution in [0.15, 0.2) is 23.5 Å². The number of aromatic nitrogens is 2. The second-order valence-electron chi connectivity index (χ2n) is 3.89. The highest BCUT2D eigenvalue weighted by molar-refractivity contribution is 14.0. The topological polar surface area (TPSA) is 63.5 Å². The molecule has 0 atom stereocenters. The van der Waals surface area contributed by atoms with E-state index in [0.29, 0.717) is 0 Å². The van der Waals surface area contributed by atoms with Crippen molar-refractivity contribution in [1.82, 2.24) is 20.4 Å². The molecule has 0 bridgehead atoms. The molecule has 1 aromatic heterocycles. The Kier molecular flexibility index (Phi) is 11.7. The predicted molar refractivity (Wildman–Crippen MR) is 88.1 cm³/mol. The lowest BCUT2D eigenvalue weighted by atomic mass is 10.4. The van der Waals surface area contributed by atoms with E-state index in [-0.39, 0.29) is 24.0 Å². The Bertz CT molecular complexity index is 329. The SMILES string of the molecule is CN=C(NCCCOC)NCCCn1cccn1.I. The smallest absolute Gasteiger partial charge is 0.190 e. The van der Waals surface area contributed by atoms with Gasteiger partial charge in [-0.3, -0.25) is 9.67 Å². The average Bonchev–Trinajstić information content (AvgIpc) is 2.90. The number of aliphatic imine (C=N–C) groups is 1. The number of halogens is 1. The molecule has 1 rings (SSSR count). The Hall–Kier alpha value is -0.830. The molecule has 0 unspecified atom stereocenters. The third kappa shape index (κ3) is 8.82. The molecular weight excluding hydrogens is 357 g/mol. The van der Waals surface area contributed by atoms with Crippen LogP contribution in [-0.4, -0.2) is 49.6 Å². The lowest BCUT2D eigenvalue weighted by Crippen LogP contribution is -2.38. The van der Waals surface area contributed by atoms with Crippen molar-refractivity contribution in [2.75, 3.05) is 33.9 Å². The lowest BCUT2D eigenvalue weighted by molar-refractivity contribution is 0.195. The first-order valence-electron chi connectivity index (χ1n) is 6.27. The normalized spacial score (nSPS) is 10.9. The van der Waals surface area contributed by atoms with E-state index in [0.717, 1.165) is 45.0 Å². The standard InChI is InChI=1S/C12H23N5O.HI/c1-13-12(15-7-5-11-18-2)14-6-3-9-17-10-4-8-16-17;/h4,8,10H,3,5-7,9,11H2,1-2H3,(H2,13,14,15);1H. The zero-order chi connectivity index (χ0) is 13.1. The van der Waals surface area contributed by atoms with Crippen LogP contribution in [0.25, 0.3) is 0 Å². The van der Waals surface area contributed by atoms with E-state index < -0.39 is 0 Å². The van der Waals surface area contributed by atoms with Gasteiger partial charge in [0.2, 0.25) is 0 Å². The number of guanidine groups is 1. The molecule has 6 nitrogen and oxygen atoms in total. The van der Waals surface area contributed by atoms with Gasteiger partial charge in [0.15, 0.2) is 5.96 Å². The van der Waals surface area contributed by atoms with Crippen molar-refractivity contribution in [3.05, 3.63) is 18.5 Å². The molecule has 19 heavy (non-hydrogen) atoms. The van der Waals surface area contributed by atoms with E-state index in [2.05, 4.69) is 20.7 Å². The van der Waals surface area contributed by atoms with Gasteiger partial charge in [-0.2, -0.15) is 5.10 Å². The zero-order valence-corrected chi connectivity index (χ0v) is 14.0. The predicted octanol–water partition coefficient (Wildman–Crippen LogP) is 1.09. The van der Waals surface area contributed by atoms with Crippen LogP contribution in [0.3, 0.4) is 0 Å². The second kappa shape index (κ2) is 12.2. The van der Waals surface area contributed by atoms with Crippen molar-refractivity contribution < 1.29 is 4.74 Å². The molecule has 0 aromatic carbocycles. The minimum absolute atomic E-state index is 0. The number of rotatable bonds is 8. The van der Waals surface area contributed by atoms with Crippen molar-refractivity contribution in [1.29, 1.82) is 0 Å². The van der Waals surface area contributed by atoms with Crippen molar-refractivity contribution in [2.45, 2.75) is 19.4 Å². The summed E-state index contributed by atoms with van der Waals surface area (Å²) in [6.45, 7) is 3.43. The Morgan fingerprint density at radius 3 is 2.63 bits per heavy atom. The van der Waals surface area contributed by atoms with Gasteiger partial charge in [-0.05, 0) is 18.9 Å². The Morgan fingerprint density at radius 1 is 1.32 bits per heavy atom. The van der Waals surface area contributed by atoms with Crippen LogP contribution in [0.4, 0.5) is 0 Å². The van der Waals surface area contributed by atoms with Crippen LogP contribution in [0, 0.1) is 0 Å². The highest BCUT2D eigenvalue weighted by Gasteiger charge is 1.96. The average molecular weight is 381 g/mol. The van der Waals surface area contributed by atoms with E-state index in [1.54, 1.807) is 20.4 Å². The summed E-state index contributed by atoms with van der Waals surface area (Å²) in [6.07, 6.45) is 5.76. The summed E-state index contributed by atoms with van der Waals surface area (Å²) in [5, 5.41) is 10.7. The molecule has 0 fully saturated rings. The van der Waals surface area contributed by atoms with Crippen LogP contribution < -0.4 is 10.6 Å². The van der Waals surface area contributed by atoms with Crippen LogP contribution in [0.1, 0.15) is 12.8 Å². The highest BCUT2D eigenvalue weighted by Crippen LogP contribution is 1.87. The molecule has 7 heteroatoms. The summed E-state index contributed by atoms with van der Waals surface area (Å²) < 4.78 is 6.91. The molecule has 0 spiro atoms. The molecule has 0 amide bonds. The van der Waals surface area contributed by atoms with Gasteiger partial charge in [-0.25, -0.2) is 0 Å². The molecule has 0 saturated heterocycles. The fraction of sp³-hybridized carbons (Fsp3) is 0.667. The van der Waals surface area contributed by atoms with Crippen LogP contribution in [-0.2, 0) is 11.3 Å². The number of hydrogen-bond acceptors (Lipinski definition) is 3. The number of methoxy groups -OCH3 is 1. The first kappa shape index (κ1) is 18.2. The van der Waals surface area contributed by atoms with Gasteiger partial charge >= 0.3 is 0 Å².